The molecular formula is C12H13N5O2. The van der Waals surface area contributed by atoms with Crippen LogP contribution in [0.4, 0.5) is 0 Å². The molecule has 1 N–H and O–H groups in total. The Morgan fingerprint density at radius 1 is 1.37 bits per heavy atom. The van der Waals surface area contributed by atoms with Crippen molar-refractivity contribution in [3.63, 3.8) is 0 Å². The number of H-pyrrole nitrogens is 1. The molecule has 3 rings (SSSR count). The summed E-state index contributed by atoms with van der Waals surface area (Å²) in [7, 11) is 0. The number of aromatic amines is 1. The van der Waals surface area contributed by atoms with E-state index in [2.05, 4.69) is 20.6 Å². The van der Waals surface area contributed by atoms with Crippen LogP contribution >= 0.6 is 0 Å². The number of morpholine rings is 1. The van der Waals surface area contributed by atoms with Crippen LogP contribution in [0.25, 0.3) is 0 Å². The van der Waals surface area contributed by atoms with Crippen LogP contribution < -0.4 is 0 Å². The number of nitrogens with zero attached hydrogens (tertiary/aromatic N) is 4. The highest BCUT2D eigenvalue weighted by Gasteiger charge is 2.31. The molecule has 0 bridgehead atoms. The van der Waals surface area contributed by atoms with Crippen LogP contribution in [-0.4, -0.2) is 51.2 Å². The Morgan fingerprint density at radius 3 is 2.95 bits per heavy atom. The van der Waals surface area contributed by atoms with Crippen molar-refractivity contribution < 1.29 is 9.53 Å². The van der Waals surface area contributed by atoms with Crippen molar-refractivity contribution in [3.05, 3.63) is 41.7 Å². The first kappa shape index (κ1) is 11.8. The highest BCUT2D eigenvalue weighted by molar-refractivity contribution is 5.94. The highest BCUT2D eigenvalue weighted by atomic mass is 16.5. The van der Waals surface area contributed by atoms with Gasteiger partial charge in [-0.25, -0.2) is 0 Å². The van der Waals surface area contributed by atoms with Gasteiger partial charge < -0.3 is 9.64 Å². The first-order valence-electron chi connectivity index (χ1n) is 6.03. The van der Waals surface area contributed by atoms with Gasteiger partial charge in [0, 0.05) is 12.1 Å². The number of nitrogens with one attached hydrogen (secondary N) is 1. The number of rotatable bonds is 2. The third-order valence-electron chi connectivity index (χ3n) is 3.07. The molecule has 0 spiro atoms. The predicted octanol–water partition coefficient (Wildman–Crippen LogP) is 0.413. The van der Waals surface area contributed by atoms with Crippen molar-refractivity contribution in [2.75, 3.05) is 19.8 Å². The largest absolute Gasteiger partial charge is 0.377 e. The van der Waals surface area contributed by atoms with Gasteiger partial charge in [0.15, 0.2) is 5.82 Å². The fraction of sp³-hybridized carbons (Fsp3) is 0.333. The van der Waals surface area contributed by atoms with Crippen molar-refractivity contribution in [1.82, 2.24) is 25.5 Å². The van der Waals surface area contributed by atoms with Crippen LogP contribution in [0.3, 0.4) is 0 Å². The normalized spacial score (nSPS) is 19.4. The van der Waals surface area contributed by atoms with Crippen molar-refractivity contribution >= 4 is 5.91 Å². The molecule has 1 fully saturated rings. The summed E-state index contributed by atoms with van der Waals surface area (Å²) in [6, 6.07) is 8.87. The van der Waals surface area contributed by atoms with Gasteiger partial charge in [0.25, 0.3) is 5.91 Å². The van der Waals surface area contributed by atoms with Gasteiger partial charge in [-0.15, -0.1) is 10.2 Å². The van der Waals surface area contributed by atoms with Crippen LogP contribution in [0.2, 0.25) is 0 Å². The van der Waals surface area contributed by atoms with Crippen LogP contribution in [0.1, 0.15) is 22.2 Å². The average Bonchev–Trinajstić information content (AvgIpc) is 3.01. The lowest BCUT2D eigenvalue weighted by Gasteiger charge is -2.33. The van der Waals surface area contributed by atoms with E-state index < -0.39 is 0 Å². The zero-order chi connectivity index (χ0) is 13.1. The Balaban J connectivity index is 1.87. The van der Waals surface area contributed by atoms with Gasteiger partial charge in [-0.2, -0.15) is 5.21 Å². The molecule has 19 heavy (non-hydrogen) atoms. The number of hydrogen-bond donors (Lipinski definition) is 1. The van der Waals surface area contributed by atoms with E-state index in [9.17, 15) is 4.79 Å². The molecule has 1 unspecified atom stereocenters. The smallest absolute Gasteiger partial charge is 0.254 e. The monoisotopic (exact) mass is 259 g/mol. The second-order valence-corrected chi connectivity index (χ2v) is 4.23. The molecular weight excluding hydrogens is 246 g/mol. The number of ether oxygens (including phenoxy) is 1. The SMILES string of the molecule is O=C(c1ccccc1)N1CCOCC1c1nn[nH]n1. The summed E-state index contributed by atoms with van der Waals surface area (Å²) in [5.74, 6) is 0.433. The Morgan fingerprint density at radius 2 is 2.21 bits per heavy atom. The topological polar surface area (TPSA) is 84.0 Å². The lowest BCUT2D eigenvalue weighted by atomic mass is 10.1. The van der Waals surface area contributed by atoms with Gasteiger partial charge in [-0.1, -0.05) is 23.4 Å². The molecule has 1 atom stereocenters. The summed E-state index contributed by atoms with van der Waals surface area (Å²) in [4.78, 5) is 14.2. The van der Waals surface area contributed by atoms with Crippen molar-refractivity contribution in [2.24, 2.45) is 0 Å². The lowest BCUT2D eigenvalue weighted by molar-refractivity contribution is -0.00520. The summed E-state index contributed by atoms with van der Waals surface area (Å²) < 4.78 is 5.41. The number of hydrogen-bond acceptors (Lipinski definition) is 5. The fourth-order valence-corrected chi connectivity index (χ4v) is 2.12. The maximum absolute atomic E-state index is 12.5. The summed E-state index contributed by atoms with van der Waals surface area (Å²) in [5, 5.41) is 13.8. The minimum Gasteiger partial charge on any atom is -0.377 e. The third kappa shape index (κ3) is 2.32. The molecule has 1 aliphatic heterocycles. The summed E-state index contributed by atoms with van der Waals surface area (Å²) >= 11 is 0. The Hall–Kier alpha value is -2.28. The molecule has 0 aliphatic carbocycles. The van der Waals surface area contributed by atoms with Gasteiger partial charge >= 0.3 is 0 Å². The van der Waals surface area contributed by atoms with E-state index in [1.165, 1.54) is 0 Å². The van der Waals surface area contributed by atoms with E-state index in [1.54, 1.807) is 17.0 Å². The van der Waals surface area contributed by atoms with Gasteiger partial charge in [0.05, 0.1) is 13.2 Å². The van der Waals surface area contributed by atoms with Gasteiger partial charge in [-0.05, 0) is 12.1 Å². The van der Waals surface area contributed by atoms with E-state index in [-0.39, 0.29) is 11.9 Å². The number of carbonyl (C=O) groups excluding carboxylic acids is 1. The number of carbonyl (C=O) groups is 1. The van der Waals surface area contributed by atoms with Gasteiger partial charge in [-0.3, -0.25) is 4.79 Å². The molecule has 1 aliphatic rings. The van der Waals surface area contributed by atoms with Crippen LogP contribution in [-0.2, 0) is 4.74 Å². The fourth-order valence-electron chi connectivity index (χ4n) is 2.12. The first-order chi connectivity index (χ1) is 9.36. The van der Waals surface area contributed by atoms with E-state index >= 15 is 0 Å². The highest BCUT2D eigenvalue weighted by Crippen LogP contribution is 2.22. The van der Waals surface area contributed by atoms with E-state index in [4.69, 9.17) is 4.74 Å². The summed E-state index contributed by atoms with van der Waals surface area (Å²) in [6.45, 7) is 1.43. The van der Waals surface area contributed by atoms with Gasteiger partial charge in [0.2, 0.25) is 0 Å². The van der Waals surface area contributed by atoms with E-state index in [0.717, 1.165) is 0 Å². The number of amides is 1. The second-order valence-electron chi connectivity index (χ2n) is 4.23. The summed E-state index contributed by atoms with van der Waals surface area (Å²) in [6.07, 6.45) is 0. The number of aromatic nitrogens is 4. The van der Waals surface area contributed by atoms with Crippen molar-refractivity contribution in [3.8, 4) is 0 Å². The maximum Gasteiger partial charge on any atom is 0.254 e. The minimum absolute atomic E-state index is 0.0429. The van der Waals surface area contributed by atoms with Crippen LogP contribution in [0, 0.1) is 0 Å². The first-order valence-corrected chi connectivity index (χ1v) is 6.03. The maximum atomic E-state index is 12.5. The third-order valence-corrected chi connectivity index (χ3v) is 3.07. The summed E-state index contributed by atoms with van der Waals surface area (Å²) in [5.41, 5.74) is 0.651. The Labute approximate surface area is 109 Å². The standard InChI is InChI=1S/C12H13N5O2/c18-12(9-4-2-1-3-5-9)17-6-7-19-8-10(17)11-13-15-16-14-11/h1-5,10H,6-8H2,(H,13,14,15,16). The molecule has 7 heteroatoms. The molecule has 1 amide bonds. The van der Waals surface area contributed by atoms with Crippen LogP contribution in [0.15, 0.2) is 30.3 Å². The molecule has 1 aromatic carbocycles. The van der Waals surface area contributed by atoms with E-state index in [0.29, 0.717) is 31.1 Å². The Kier molecular flexibility index (Phi) is 3.20. The predicted molar refractivity (Wildman–Crippen MR) is 65.2 cm³/mol. The average molecular weight is 259 g/mol. The van der Waals surface area contributed by atoms with Crippen molar-refractivity contribution in [1.29, 1.82) is 0 Å². The molecule has 1 aromatic heterocycles. The van der Waals surface area contributed by atoms with Gasteiger partial charge in [0.1, 0.15) is 6.04 Å². The molecule has 1 saturated heterocycles. The molecule has 0 saturated carbocycles. The van der Waals surface area contributed by atoms with Crippen molar-refractivity contribution in [2.45, 2.75) is 6.04 Å². The molecule has 0 radical (unpaired) electrons. The second kappa shape index (κ2) is 5.15. The molecule has 2 aromatic rings. The Bertz CT molecular complexity index is 543. The van der Waals surface area contributed by atoms with Crippen LogP contribution in [0.5, 0.6) is 0 Å². The number of tetrazole rings is 1. The lowest BCUT2D eigenvalue weighted by Crippen LogP contribution is -2.43. The zero-order valence-corrected chi connectivity index (χ0v) is 10.2. The quantitative estimate of drug-likeness (QED) is 0.844. The number of benzene rings is 1. The molecule has 98 valence electrons. The molecule has 2 heterocycles. The minimum atomic E-state index is -0.291. The molecule has 7 nitrogen and oxygen atoms in total. The van der Waals surface area contributed by atoms with E-state index in [1.807, 2.05) is 18.2 Å². The zero-order valence-electron chi connectivity index (χ0n) is 10.2.